The summed E-state index contributed by atoms with van der Waals surface area (Å²) in [6.45, 7) is 3.66. The first-order chi connectivity index (χ1) is 10.9. The van der Waals surface area contributed by atoms with E-state index >= 15 is 0 Å². The van der Waals surface area contributed by atoms with Crippen molar-refractivity contribution < 1.29 is 18.7 Å². The van der Waals surface area contributed by atoms with Crippen LogP contribution in [0.5, 0.6) is 5.75 Å². The molecule has 1 aliphatic heterocycles. The average Bonchev–Trinajstić information content (AvgIpc) is 3.01. The van der Waals surface area contributed by atoms with Crippen LogP contribution in [-0.2, 0) is 16.1 Å². The normalized spacial score (nSPS) is 19.5. The van der Waals surface area contributed by atoms with E-state index in [0.717, 1.165) is 5.56 Å². The number of hydrogen-bond donors (Lipinski definition) is 1. The zero-order chi connectivity index (χ0) is 16.6. The van der Waals surface area contributed by atoms with Crippen molar-refractivity contribution in [1.29, 1.82) is 0 Å². The summed E-state index contributed by atoms with van der Waals surface area (Å²) < 4.78 is 11.0. The highest BCUT2D eigenvalue weighted by Crippen LogP contribution is 2.35. The summed E-state index contributed by atoms with van der Waals surface area (Å²) in [7, 11) is 1.61. The lowest BCUT2D eigenvalue weighted by molar-refractivity contribution is -0.154. The van der Waals surface area contributed by atoms with Gasteiger partial charge in [0, 0.05) is 7.05 Å². The van der Waals surface area contributed by atoms with E-state index in [1.165, 1.54) is 18.1 Å². The molecule has 120 valence electrons. The number of anilines is 1. The highest BCUT2D eigenvalue weighted by molar-refractivity contribution is 6.15. The van der Waals surface area contributed by atoms with E-state index in [1.807, 2.05) is 19.1 Å². The standard InChI is InChI=1S/C17H18N2O4/c1-11-6-7-14-13(9-11)18-15(20)17(2,23-14)16(21)19(3)10-12-5-4-8-22-12/h4-9H,10H2,1-3H3,(H,18,20). The second-order valence-corrected chi connectivity index (χ2v) is 5.83. The highest BCUT2D eigenvalue weighted by atomic mass is 16.5. The molecule has 23 heavy (non-hydrogen) atoms. The molecule has 6 nitrogen and oxygen atoms in total. The molecule has 1 atom stereocenters. The summed E-state index contributed by atoms with van der Waals surface area (Å²) in [6.07, 6.45) is 1.54. The molecule has 1 aliphatic rings. The summed E-state index contributed by atoms with van der Waals surface area (Å²) in [5.74, 6) is 0.207. The minimum absolute atomic E-state index is 0.263. The average molecular weight is 314 g/mol. The number of benzene rings is 1. The van der Waals surface area contributed by atoms with Gasteiger partial charge in [-0.2, -0.15) is 0 Å². The van der Waals surface area contributed by atoms with Crippen molar-refractivity contribution in [2.24, 2.45) is 0 Å². The van der Waals surface area contributed by atoms with Gasteiger partial charge >= 0.3 is 0 Å². The predicted molar refractivity (Wildman–Crippen MR) is 84.0 cm³/mol. The molecule has 2 heterocycles. The molecule has 3 rings (SSSR count). The molecular formula is C17H18N2O4. The number of rotatable bonds is 3. The summed E-state index contributed by atoms with van der Waals surface area (Å²) in [5, 5.41) is 2.75. The quantitative estimate of drug-likeness (QED) is 0.883. The van der Waals surface area contributed by atoms with Crippen molar-refractivity contribution in [3.8, 4) is 5.75 Å². The molecule has 1 N–H and O–H groups in total. The molecule has 6 heteroatoms. The Morgan fingerprint density at radius 1 is 1.35 bits per heavy atom. The van der Waals surface area contributed by atoms with E-state index in [1.54, 1.807) is 25.2 Å². The molecule has 2 amide bonds. The number of aryl methyl sites for hydroxylation is 1. The van der Waals surface area contributed by atoms with E-state index < -0.39 is 17.4 Å². The molecule has 0 bridgehead atoms. The minimum Gasteiger partial charge on any atom is -0.467 e. The first-order valence-corrected chi connectivity index (χ1v) is 7.29. The molecule has 0 saturated heterocycles. The van der Waals surface area contributed by atoms with Gasteiger partial charge in [0.05, 0.1) is 18.5 Å². The Bertz CT molecular complexity index is 754. The van der Waals surface area contributed by atoms with Crippen molar-refractivity contribution in [3.05, 3.63) is 47.9 Å². The number of ether oxygens (including phenoxy) is 1. The monoisotopic (exact) mass is 314 g/mol. The van der Waals surface area contributed by atoms with Crippen molar-refractivity contribution >= 4 is 17.5 Å². The number of nitrogens with zero attached hydrogens (tertiary/aromatic N) is 1. The van der Waals surface area contributed by atoms with Crippen molar-refractivity contribution in [3.63, 3.8) is 0 Å². The molecule has 1 aromatic carbocycles. The van der Waals surface area contributed by atoms with E-state index in [-0.39, 0.29) is 6.54 Å². The number of nitrogens with one attached hydrogen (secondary N) is 1. The van der Waals surface area contributed by atoms with Gasteiger partial charge in [0.15, 0.2) is 0 Å². The zero-order valence-electron chi connectivity index (χ0n) is 13.3. The zero-order valence-corrected chi connectivity index (χ0v) is 13.3. The van der Waals surface area contributed by atoms with Gasteiger partial charge in [-0.1, -0.05) is 6.07 Å². The van der Waals surface area contributed by atoms with Gasteiger partial charge in [0.2, 0.25) is 0 Å². The maximum Gasteiger partial charge on any atom is 0.278 e. The number of amides is 2. The van der Waals surface area contributed by atoms with E-state index in [0.29, 0.717) is 17.2 Å². The van der Waals surface area contributed by atoms with Crippen LogP contribution in [0.4, 0.5) is 5.69 Å². The Balaban J connectivity index is 1.84. The molecule has 0 saturated carbocycles. The van der Waals surface area contributed by atoms with Gasteiger partial charge in [0.1, 0.15) is 11.5 Å². The van der Waals surface area contributed by atoms with Crippen LogP contribution in [0.1, 0.15) is 18.2 Å². The number of carbonyl (C=O) groups excluding carboxylic acids is 2. The largest absolute Gasteiger partial charge is 0.467 e. The second-order valence-electron chi connectivity index (χ2n) is 5.83. The number of hydrogen-bond acceptors (Lipinski definition) is 4. The third kappa shape index (κ3) is 2.67. The lowest BCUT2D eigenvalue weighted by atomic mass is 10.0. The van der Waals surface area contributed by atoms with E-state index in [2.05, 4.69) is 5.32 Å². The van der Waals surface area contributed by atoms with Gasteiger partial charge in [-0.15, -0.1) is 0 Å². The first kappa shape index (κ1) is 15.1. The van der Waals surface area contributed by atoms with Crippen LogP contribution >= 0.6 is 0 Å². The Hall–Kier alpha value is -2.76. The SMILES string of the molecule is Cc1ccc2c(c1)NC(=O)C(C)(C(=O)N(C)Cc1ccco1)O2. The predicted octanol–water partition coefficient (Wildman–Crippen LogP) is 2.34. The smallest absolute Gasteiger partial charge is 0.278 e. The van der Waals surface area contributed by atoms with E-state index in [4.69, 9.17) is 9.15 Å². The molecule has 0 fully saturated rings. The Kier molecular flexibility index (Phi) is 3.60. The number of fused-ring (bicyclic) bond motifs is 1. The van der Waals surface area contributed by atoms with Crippen LogP contribution < -0.4 is 10.1 Å². The maximum absolute atomic E-state index is 12.7. The fourth-order valence-corrected chi connectivity index (χ4v) is 2.55. The number of likely N-dealkylation sites (N-methyl/N-ethyl adjacent to an activating group) is 1. The fourth-order valence-electron chi connectivity index (χ4n) is 2.55. The van der Waals surface area contributed by atoms with Gasteiger partial charge in [-0.25, -0.2) is 0 Å². The maximum atomic E-state index is 12.7. The van der Waals surface area contributed by atoms with Crippen molar-refractivity contribution in [1.82, 2.24) is 4.90 Å². The van der Waals surface area contributed by atoms with Crippen LogP contribution in [0.3, 0.4) is 0 Å². The summed E-state index contributed by atoms with van der Waals surface area (Å²) in [6, 6.07) is 8.95. The summed E-state index contributed by atoms with van der Waals surface area (Å²) in [5.41, 5.74) is -0.0321. The van der Waals surface area contributed by atoms with E-state index in [9.17, 15) is 9.59 Å². The second kappa shape index (κ2) is 5.46. The number of furan rings is 1. The minimum atomic E-state index is -1.61. The topological polar surface area (TPSA) is 71.8 Å². The highest BCUT2D eigenvalue weighted by Gasteiger charge is 2.48. The molecule has 0 radical (unpaired) electrons. The molecule has 2 aromatic rings. The van der Waals surface area contributed by atoms with Gasteiger partial charge in [-0.05, 0) is 43.7 Å². The van der Waals surface area contributed by atoms with Crippen LogP contribution in [0, 0.1) is 6.92 Å². The Labute approximate surface area is 134 Å². The summed E-state index contributed by atoms with van der Waals surface area (Å²) >= 11 is 0. The van der Waals surface area contributed by atoms with Crippen LogP contribution in [0.2, 0.25) is 0 Å². The number of carbonyl (C=O) groups is 2. The molecule has 0 spiro atoms. The Morgan fingerprint density at radius 2 is 2.13 bits per heavy atom. The van der Waals surface area contributed by atoms with Crippen molar-refractivity contribution in [2.45, 2.75) is 26.0 Å². The van der Waals surface area contributed by atoms with Crippen LogP contribution in [0.15, 0.2) is 41.0 Å². The lowest BCUT2D eigenvalue weighted by Gasteiger charge is -2.35. The van der Waals surface area contributed by atoms with Crippen molar-refractivity contribution in [2.75, 3.05) is 12.4 Å². The third-order valence-corrected chi connectivity index (χ3v) is 3.86. The third-order valence-electron chi connectivity index (χ3n) is 3.86. The first-order valence-electron chi connectivity index (χ1n) is 7.29. The molecule has 1 unspecified atom stereocenters. The van der Waals surface area contributed by atoms with Crippen LogP contribution in [-0.4, -0.2) is 29.4 Å². The lowest BCUT2D eigenvalue weighted by Crippen LogP contribution is -2.58. The molecule has 0 aliphatic carbocycles. The molecule has 1 aromatic heterocycles. The Morgan fingerprint density at radius 3 is 2.83 bits per heavy atom. The van der Waals surface area contributed by atoms with Gasteiger partial charge < -0.3 is 19.4 Å². The summed E-state index contributed by atoms with van der Waals surface area (Å²) in [4.78, 5) is 26.6. The fraction of sp³-hybridized carbons (Fsp3) is 0.294. The van der Waals surface area contributed by atoms with Crippen LogP contribution in [0.25, 0.3) is 0 Å². The van der Waals surface area contributed by atoms with Gasteiger partial charge in [0.25, 0.3) is 17.4 Å². The molecular weight excluding hydrogens is 296 g/mol. The van der Waals surface area contributed by atoms with Gasteiger partial charge in [-0.3, -0.25) is 9.59 Å².